The van der Waals surface area contributed by atoms with Crippen molar-refractivity contribution in [1.82, 2.24) is 9.97 Å². The van der Waals surface area contributed by atoms with Gasteiger partial charge in [0, 0.05) is 23.5 Å². The molecule has 0 atom stereocenters. The van der Waals surface area contributed by atoms with E-state index < -0.39 is 16.1 Å². The van der Waals surface area contributed by atoms with Gasteiger partial charge in [-0.15, -0.1) is 46.5 Å². The third kappa shape index (κ3) is 19.1. The van der Waals surface area contributed by atoms with Crippen LogP contribution in [-0.4, -0.2) is 26.1 Å². The maximum atomic E-state index is 6.69. The molecule has 0 amide bonds. The predicted molar refractivity (Wildman–Crippen MR) is 204 cm³/mol. The van der Waals surface area contributed by atoms with Gasteiger partial charge >= 0.3 is 21.1 Å². The van der Waals surface area contributed by atoms with Gasteiger partial charge in [-0.25, -0.2) is 0 Å². The van der Waals surface area contributed by atoms with Gasteiger partial charge in [-0.1, -0.05) is 123 Å². The minimum Gasteiger partial charge on any atom is -0.366 e. The van der Waals surface area contributed by atoms with Crippen LogP contribution in [0.1, 0.15) is 27.8 Å². The molecule has 242 valence electrons. The molecule has 0 N–H and O–H groups in total. The zero-order valence-electron chi connectivity index (χ0n) is 28.8. The first-order chi connectivity index (χ1) is 22.4. The van der Waals surface area contributed by atoms with Gasteiger partial charge in [-0.2, -0.15) is 0 Å². The Labute approximate surface area is 306 Å². The number of aromatic nitrogens is 2. The Morgan fingerprint density at radius 1 is 0.458 bits per heavy atom. The number of rotatable bonds is 1. The first-order valence-electron chi connectivity index (χ1n) is 15.3. The van der Waals surface area contributed by atoms with Crippen molar-refractivity contribution in [3.63, 3.8) is 0 Å². The second-order valence-corrected chi connectivity index (χ2v) is 22.0. The van der Waals surface area contributed by atoms with Gasteiger partial charge in [0.05, 0.1) is 11.4 Å². The first kappa shape index (κ1) is 41.3. The molecular weight excluding hydrogens is 796 g/mol. The van der Waals surface area contributed by atoms with Crippen LogP contribution in [0, 0.1) is 54.5 Å². The first-order valence-corrected chi connectivity index (χ1v) is 22.3. The molecule has 0 saturated carbocycles. The van der Waals surface area contributed by atoms with Crippen LogP contribution in [0.2, 0.25) is 39.3 Å². The minimum atomic E-state index is -1.36. The van der Waals surface area contributed by atoms with Crippen molar-refractivity contribution in [2.45, 2.75) is 46.2 Å². The minimum absolute atomic E-state index is 0. The molecule has 0 fully saturated rings. The summed E-state index contributed by atoms with van der Waals surface area (Å²) in [6, 6.07) is 37.0. The number of benzene rings is 3. The van der Waals surface area contributed by atoms with Gasteiger partial charge in [-0.05, 0) is 31.2 Å². The van der Waals surface area contributed by atoms with Crippen molar-refractivity contribution in [3.8, 4) is 46.2 Å². The number of nitrogens with zero attached hydrogens (tertiary/aromatic N) is 2. The Bertz CT molecular complexity index is 1710. The van der Waals surface area contributed by atoms with E-state index in [0.717, 1.165) is 33.6 Å². The SMILES string of the molecule is C[Si](C)(C)C#Cc1ccc(-c2ccc(C#C[Si](C)(C)C)cn2)nc1.Cc1ccccc1.[C-]#Cc1ccccc1.[C-]#Cc1ccccc1.[Pt+2]. The van der Waals surface area contributed by atoms with E-state index in [1.165, 1.54) is 5.56 Å². The number of hydrogen-bond acceptors (Lipinski definition) is 2. The summed E-state index contributed by atoms with van der Waals surface area (Å²) >= 11 is 0. The molecule has 0 aliphatic heterocycles. The molecule has 0 radical (unpaired) electrons. The Balaban J connectivity index is 0.000000387. The van der Waals surface area contributed by atoms with E-state index in [4.69, 9.17) is 12.8 Å². The molecule has 0 spiro atoms. The van der Waals surface area contributed by atoms with Gasteiger partial charge < -0.3 is 12.8 Å². The number of pyridine rings is 2. The molecule has 5 rings (SSSR count). The maximum absolute atomic E-state index is 6.69. The summed E-state index contributed by atoms with van der Waals surface area (Å²) < 4.78 is 0. The molecule has 3 aromatic carbocycles. The van der Waals surface area contributed by atoms with Crippen molar-refractivity contribution in [1.29, 1.82) is 0 Å². The summed E-state index contributed by atoms with van der Waals surface area (Å²) in [4.78, 5) is 8.97. The second kappa shape index (κ2) is 22.0. The Morgan fingerprint density at radius 3 is 1.00 bits per heavy atom. The van der Waals surface area contributed by atoms with Crippen molar-refractivity contribution in [2.24, 2.45) is 0 Å². The third-order valence-electron chi connectivity index (χ3n) is 5.73. The molecule has 0 unspecified atom stereocenters. The van der Waals surface area contributed by atoms with E-state index in [1.807, 2.05) is 116 Å². The summed E-state index contributed by atoms with van der Waals surface area (Å²) in [5, 5.41) is 0. The van der Waals surface area contributed by atoms with Crippen molar-refractivity contribution in [3.05, 3.63) is 168 Å². The standard InChI is InChI=1S/C20H24N2Si2.2C8H5.C7H8.Pt/c1-23(2,3)13-11-17-7-9-19(21-15-17)20-10-8-18(16-22-20)12-14-24(4,5)6;2*1-2-8-6-4-3-5-7-8;1-7-5-3-2-4-6-7;/h7-10,15-16H,1-6H3;2*3-7H;2-6H,1H3;/q;2*-1;;+2. The van der Waals surface area contributed by atoms with Crippen LogP contribution in [0.15, 0.2) is 128 Å². The van der Waals surface area contributed by atoms with Crippen LogP contribution in [0.4, 0.5) is 0 Å². The van der Waals surface area contributed by atoms with Crippen LogP contribution in [-0.2, 0) is 21.1 Å². The van der Waals surface area contributed by atoms with E-state index in [9.17, 15) is 0 Å². The van der Waals surface area contributed by atoms with E-state index in [-0.39, 0.29) is 21.1 Å². The molecule has 2 nitrogen and oxygen atoms in total. The van der Waals surface area contributed by atoms with Crippen LogP contribution < -0.4 is 0 Å². The molecule has 2 heterocycles. The summed E-state index contributed by atoms with van der Waals surface area (Å²) in [5.74, 6) is 11.0. The predicted octanol–water partition coefficient (Wildman–Crippen LogP) is 9.84. The van der Waals surface area contributed by atoms with E-state index >= 15 is 0 Å². The quantitative estimate of drug-likeness (QED) is 0.0956. The van der Waals surface area contributed by atoms with E-state index in [1.54, 1.807) is 0 Å². The Morgan fingerprint density at radius 2 is 0.792 bits per heavy atom. The normalized spacial score (nSPS) is 9.44. The number of hydrogen-bond donors (Lipinski definition) is 0. The molecule has 0 saturated heterocycles. The van der Waals surface area contributed by atoms with Crippen LogP contribution in [0.5, 0.6) is 0 Å². The summed E-state index contributed by atoms with van der Waals surface area (Å²) in [6.45, 7) is 15.5. The fraction of sp³-hybridized carbons (Fsp3) is 0.163. The van der Waals surface area contributed by atoms with Gasteiger partial charge in [0.2, 0.25) is 0 Å². The van der Waals surface area contributed by atoms with E-state index in [2.05, 4.69) is 103 Å². The molecule has 48 heavy (non-hydrogen) atoms. The topological polar surface area (TPSA) is 25.8 Å². The van der Waals surface area contributed by atoms with Crippen molar-refractivity contribution in [2.75, 3.05) is 0 Å². The average molecular weight is 838 g/mol. The fourth-order valence-corrected chi connectivity index (χ4v) is 4.37. The summed E-state index contributed by atoms with van der Waals surface area (Å²) in [5.41, 5.74) is 13.3. The average Bonchev–Trinajstić information content (AvgIpc) is 3.08. The van der Waals surface area contributed by atoms with Crippen LogP contribution in [0.25, 0.3) is 11.4 Å². The fourth-order valence-electron chi connectivity index (χ4n) is 3.34. The summed E-state index contributed by atoms with van der Waals surface area (Å²) in [7, 11) is -2.71. The molecule has 0 aliphatic carbocycles. The molecule has 2 aromatic heterocycles. The van der Waals surface area contributed by atoms with Crippen molar-refractivity contribution >= 4 is 16.1 Å². The van der Waals surface area contributed by atoms with Gasteiger partial charge in [0.15, 0.2) is 0 Å². The van der Waals surface area contributed by atoms with Gasteiger partial charge in [-0.3, -0.25) is 21.8 Å². The number of aryl methyl sites for hydroxylation is 1. The summed E-state index contributed by atoms with van der Waals surface area (Å²) in [6.07, 6.45) is 17.0. The van der Waals surface area contributed by atoms with Crippen molar-refractivity contribution < 1.29 is 21.1 Å². The Hall–Kier alpha value is -4.68. The molecule has 0 bridgehead atoms. The molecule has 5 heteroatoms. The van der Waals surface area contributed by atoms with Crippen LogP contribution in [0.3, 0.4) is 0 Å². The zero-order valence-corrected chi connectivity index (χ0v) is 33.1. The van der Waals surface area contributed by atoms with Crippen LogP contribution >= 0.6 is 0 Å². The second-order valence-electron chi connectivity index (χ2n) is 12.5. The molecular formula is C43H42N2PtSi2. The molecule has 0 aliphatic rings. The maximum Gasteiger partial charge on any atom is 2.00 e. The van der Waals surface area contributed by atoms with Gasteiger partial charge in [0.25, 0.3) is 0 Å². The Kier molecular flexibility index (Phi) is 18.9. The molecule has 5 aromatic rings. The van der Waals surface area contributed by atoms with E-state index in [0.29, 0.717) is 0 Å². The monoisotopic (exact) mass is 837 g/mol. The zero-order chi connectivity index (χ0) is 34.5. The third-order valence-corrected chi connectivity index (χ3v) is 7.48. The largest absolute Gasteiger partial charge is 2.00 e. The van der Waals surface area contributed by atoms with Gasteiger partial charge in [0.1, 0.15) is 16.1 Å². The smallest absolute Gasteiger partial charge is 0.366 e.